The van der Waals surface area contributed by atoms with E-state index in [1.807, 2.05) is 0 Å². The number of nitrogens with one attached hydrogen (secondary N) is 1. The molecule has 0 aromatic heterocycles. The third-order valence-corrected chi connectivity index (χ3v) is 1.96. The highest BCUT2D eigenvalue weighted by Crippen LogP contribution is 1.98. The Bertz CT molecular complexity index is 149. The number of amides is 1. The second kappa shape index (κ2) is 6.86. The normalized spacial score (nSPS) is 13.2. The van der Waals surface area contributed by atoms with Crippen LogP contribution in [0.1, 0.15) is 20.8 Å². The fourth-order valence-corrected chi connectivity index (χ4v) is 0.767. The van der Waals surface area contributed by atoms with Gasteiger partial charge in [-0.25, -0.2) is 0 Å². The molecule has 0 saturated heterocycles. The van der Waals surface area contributed by atoms with Gasteiger partial charge in [-0.3, -0.25) is 4.79 Å². The lowest BCUT2D eigenvalue weighted by molar-refractivity contribution is -0.122. The minimum Gasteiger partial charge on any atom is -0.370 e. The molecule has 1 atom stereocenters. The Balaban J connectivity index is 3.21. The molecule has 0 aromatic carbocycles. The molecule has 1 amide bonds. The summed E-state index contributed by atoms with van der Waals surface area (Å²) in [4.78, 5) is 10.3. The number of hydrogen-bond acceptors (Lipinski definition) is 3. The van der Waals surface area contributed by atoms with Crippen molar-refractivity contribution in [3.05, 3.63) is 0 Å². The van der Waals surface area contributed by atoms with Crippen LogP contribution in [0.3, 0.4) is 0 Å². The number of carbonyl (C=O) groups excluding carboxylic acids is 1. The van der Waals surface area contributed by atoms with E-state index in [1.54, 1.807) is 0 Å². The number of rotatable bonds is 7. The second-order valence-corrected chi connectivity index (χ2v) is 3.51. The van der Waals surface area contributed by atoms with Gasteiger partial charge in [0.2, 0.25) is 5.91 Å². The number of hydrogen-bond donors (Lipinski definition) is 2. The molecule has 0 aliphatic carbocycles. The first-order chi connectivity index (χ1) is 6.04. The van der Waals surface area contributed by atoms with Gasteiger partial charge >= 0.3 is 0 Å². The van der Waals surface area contributed by atoms with Crippen LogP contribution in [-0.4, -0.2) is 31.7 Å². The lowest BCUT2D eigenvalue weighted by Gasteiger charge is -2.16. The summed E-state index contributed by atoms with van der Waals surface area (Å²) < 4.78 is 4.99. The third-order valence-electron chi connectivity index (χ3n) is 1.96. The number of nitrogens with two attached hydrogens (primary N) is 1. The Labute approximate surface area is 79.8 Å². The zero-order chi connectivity index (χ0) is 10.3. The average molecular weight is 188 g/mol. The molecular weight excluding hydrogens is 168 g/mol. The van der Waals surface area contributed by atoms with E-state index in [1.165, 1.54) is 0 Å². The van der Waals surface area contributed by atoms with E-state index in [2.05, 4.69) is 26.1 Å². The first kappa shape index (κ1) is 12.4. The predicted octanol–water partition coefficient (Wildman–Crippen LogP) is 0.122. The molecule has 0 fully saturated rings. The van der Waals surface area contributed by atoms with Gasteiger partial charge in [-0.2, -0.15) is 0 Å². The van der Waals surface area contributed by atoms with E-state index in [0.717, 1.165) is 6.54 Å². The summed E-state index contributed by atoms with van der Waals surface area (Å²) in [6.45, 7) is 7.73. The fourth-order valence-electron chi connectivity index (χ4n) is 0.767. The minimum atomic E-state index is -0.420. The monoisotopic (exact) mass is 188 g/mol. The van der Waals surface area contributed by atoms with Crippen molar-refractivity contribution < 1.29 is 9.53 Å². The predicted molar refractivity (Wildman–Crippen MR) is 52.3 cm³/mol. The maximum absolute atomic E-state index is 10.3. The molecule has 3 N–H and O–H groups in total. The molecule has 13 heavy (non-hydrogen) atoms. The van der Waals surface area contributed by atoms with Crippen molar-refractivity contribution in [2.75, 3.05) is 19.8 Å². The highest BCUT2D eigenvalue weighted by molar-refractivity contribution is 5.74. The van der Waals surface area contributed by atoms with Crippen molar-refractivity contribution in [1.82, 2.24) is 5.32 Å². The summed E-state index contributed by atoms with van der Waals surface area (Å²) in [7, 11) is 0. The fraction of sp³-hybridized carbons (Fsp3) is 0.889. The van der Waals surface area contributed by atoms with Crippen LogP contribution in [0.2, 0.25) is 0 Å². The van der Waals surface area contributed by atoms with Crippen molar-refractivity contribution >= 4 is 5.91 Å². The quantitative estimate of drug-likeness (QED) is 0.558. The van der Waals surface area contributed by atoms with E-state index >= 15 is 0 Å². The van der Waals surface area contributed by atoms with Gasteiger partial charge < -0.3 is 15.8 Å². The van der Waals surface area contributed by atoms with Crippen molar-refractivity contribution in [3.8, 4) is 0 Å². The Hall–Kier alpha value is -0.610. The van der Waals surface area contributed by atoms with Gasteiger partial charge in [0.15, 0.2) is 0 Å². The summed E-state index contributed by atoms with van der Waals surface area (Å²) in [5.74, 6) is 0.188. The van der Waals surface area contributed by atoms with Gasteiger partial charge in [0.25, 0.3) is 0 Å². The Morgan fingerprint density at radius 2 is 2.08 bits per heavy atom. The highest BCUT2D eigenvalue weighted by atomic mass is 16.5. The van der Waals surface area contributed by atoms with Crippen molar-refractivity contribution in [2.45, 2.75) is 26.8 Å². The van der Waals surface area contributed by atoms with Gasteiger partial charge in [-0.1, -0.05) is 13.8 Å². The molecule has 0 aliphatic heterocycles. The van der Waals surface area contributed by atoms with Crippen LogP contribution in [0, 0.1) is 5.92 Å². The van der Waals surface area contributed by atoms with Crippen molar-refractivity contribution in [1.29, 1.82) is 0 Å². The van der Waals surface area contributed by atoms with Crippen LogP contribution in [0.15, 0.2) is 0 Å². The van der Waals surface area contributed by atoms with Gasteiger partial charge in [0, 0.05) is 12.6 Å². The Morgan fingerprint density at radius 1 is 1.46 bits per heavy atom. The average Bonchev–Trinajstić information content (AvgIpc) is 2.02. The maximum Gasteiger partial charge on any atom is 0.243 e. The summed E-state index contributed by atoms with van der Waals surface area (Å²) in [5, 5.41) is 3.28. The van der Waals surface area contributed by atoms with Crippen LogP contribution in [0.25, 0.3) is 0 Å². The van der Waals surface area contributed by atoms with Crippen molar-refractivity contribution in [3.63, 3.8) is 0 Å². The summed E-state index contributed by atoms with van der Waals surface area (Å²) in [5.41, 5.74) is 4.90. The van der Waals surface area contributed by atoms with Gasteiger partial charge in [-0.15, -0.1) is 0 Å². The van der Waals surface area contributed by atoms with E-state index in [-0.39, 0.29) is 6.61 Å². The van der Waals surface area contributed by atoms with E-state index < -0.39 is 5.91 Å². The van der Waals surface area contributed by atoms with Crippen LogP contribution >= 0.6 is 0 Å². The standard InChI is InChI=1S/C9H20N2O2/c1-7(2)8(3)11-4-5-13-6-9(10)12/h7-8,11H,4-6H2,1-3H3,(H2,10,12). The van der Waals surface area contributed by atoms with Crippen LogP contribution in [0.5, 0.6) is 0 Å². The molecule has 0 spiro atoms. The number of carbonyl (C=O) groups is 1. The van der Waals surface area contributed by atoms with E-state index in [9.17, 15) is 4.79 Å². The number of primary amides is 1. The lowest BCUT2D eigenvalue weighted by Crippen LogP contribution is -2.34. The summed E-state index contributed by atoms with van der Waals surface area (Å²) in [6, 6.07) is 0.470. The largest absolute Gasteiger partial charge is 0.370 e. The zero-order valence-corrected chi connectivity index (χ0v) is 8.67. The smallest absolute Gasteiger partial charge is 0.243 e. The Kier molecular flexibility index (Phi) is 6.54. The van der Waals surface area contributed by atoms with Crippen molar-refractivity contribution in [2.24, 2.45) is 11.7 Å². The van der Waals surface area contributed by atoms with Crippen LogP contribution in [-0.2, 0) is 9.53 Å². The first-order valence-electron chi connectivity index (χ1n) is 4.63. The highest BCUT2D eigenvalue weighted by Gasteiger charge is 2.04. The zero-order valence-electron chi connectivity index (χ0n) is 8.67. The molecular formula is C9H20N2O2. The molecule has 4 heteroatoms. The minimum absolute atomic E-state index is 0.0116. The summed E-state index contributed by atoms with van der Waals surface area (Å²) >= 11 is 0. The van der Waals surface area contributed by atoms with Crippen LogP contribution < -0.4 is 11.1 Å². The molecule has 0 radical (unpaired) electrons. The number of ether oxygens (including phenoxy) is 1. The van der Waals surface area contributed by atoms with Gasteiger partial charge in [0.1, 0.15) is 6.61 Å². The van der Waals surface area contributed by atoms with E-state index in [4.69, 9.17) is 10.5 Å². The topological polar surface area (TPSA) is 64.3 Å². The molecule has 78 valence electrons. The molecule has 0 heterocycles. The first-order valence-corrected chi connectivity index (χ1v) is 4.63. The molecule has 0 saturated carbocycles. The van der Waals surface area contributed by atoms with Gasteiger partial charge in [0.05, 0.1) is 6.61 Å². The molecule has 0 aromatic rings. The lowest BCUT2D eigenvalue weighted by atomic mass is 10.1. The molecule has 0 bridgehead atoms. The summed E-state index contributed by atoms with van der Waals surface area (Å²) in [6.07, 6.45) is 0. The van der Waals surface area contributed by atoms with Crippen LogP contribution in [0.4, 0.5) is 0 Å². The molecule has 4 nitrogen and oxygen atoms in total. The molecule has 0 aliphatic rings. The SMILES string of the molecule is CC(C)C(C)NCCOCC(N)=O. The molecule has 0 rings (SSSR count). The second-order valence-electron chi connectivity index (χ2n) is 3.51. The Morgan fingerprint density at radius 3 is 2.54 bits per heavy atom. The van der Waals surface area contributed by atoms with Gasteiger partial charge in [-0.05, 0) is 12.8 Å². The molecule has 1 unspecified atom stereocenters. The third kappa shape index (κ3) is 7.74. The maximum atomic E-state index is 10.3. The van der Waals surface area contributed by atoms with E-state index in [0.29, 0.717) is 18.6 Å².